The highest BCUT2D eigenvalue weighted by Gasteiger charge is 2.01. The van der Waals surface area contributed by atoms with Crippen LogP contribution in [0.1, 0.15) is 24.6 Å². The topological polar surface area (TPSA) is 50.1 Å². The molecule has 2 N–H and O–H groups in total. The molecule has 0 aliphatic carbocycles. The van der Waals surface area contributed by atoms with Gasteiger partial charge in [-0.1, -0.05) is 19.1 Å². The Morgan fingerprint density at radius 2 is 2.00 bits per heavy atom. The molecular weight excluding hydrogens is 238 g/mol. The monoisotopic (exact) mass is 259 g/mol. The molecule has 0 saturated heterocycles. The smallest absolute Gasteiger partial charge is 0.0575 e. The van der Waals surface area contributed by atoms with E-state index in [1.165, 1.54) is 5.69 Å². The fourth-order valence-electron chi connectivity index (χ4n) is 2.03. The lowest BCUT2D eigenvalue weighted by Crippen LogP contribution is -2.08. The van der Waals surface area contributed by atoms with E-state index in [0.29, 0.717) is 6.42 Å². The number of aromatic nitrogens is 2. The maximum atomic E-state index is 8.87. The Morgan fingerprint density at radius 3 is 2.68 bits per heavy atom. The summed E-state index contributed by atoms with van der Waals surface area (Å²) in [6.07, 6.45) is 3.64. The Hall–Kier alpha value is -1.81. The third-order valence-electron chi connectivity index (χ3n) is 3.07. The van der Waals surface area contributed by atoms with Crippen molar-refractivity contribution in [3.05, 3.63) is 47.8 Å². The average Bonchev–Trinajstić information content (AvgIpc) is 2.86. The highest BCUT2D eigenvalue weighted by atomic mass is 16.2. The fourth-order valence-corrected chi connectivity index (χ4v) is 2.03. The molecule has 1 aromatic carbocycles. The number of aliphatic hydroxyl groups excluding tert-OH is 1. The van der Waals surface area contributed by atoms with Crippen molar-refractivity contribution in [2.24, 2.45) is 0 Å². The molecule has 19 heavy (non-hydrogen) atoms. The lowest BCUT2D eigenvalue weighted by molar-refractivity contribution is 0.299. The molecule has 2 aromatic rings. The van der Waals surface area contributed by atoms with Gasteiger partial charge in [-0.2, -0.15) is 5.10 Å². The van der Waals surface area contributed by atoms with Gasteiger partial charge in [-0.15, -0.1) is 0 Å². The molecule has 0 unspecified atom stereocenters. The van der Waals surface area contributed by atoms with Crippen LogP contribution < -0.4 is 5.32 Å². The molecule has 2 rings (SSSR count). The molecule has 0 aliphatic heterocycles. The molecule has 102 valence electrons. The summed E-state index contributed by atoms with van der Waals surface area (Å²) >= 11 is 0. The number of anilines is 1. The summed E-state index contributed by atoms with van der Waals surface area (Å²) in [7, 11) is 0. The van der Waals surface area contributed by atoms with Gasteiger partial charge in [0.1, 0.15) is 0 Å². The van der Waals surface area contributed by atoms with E-state index < -0.39 is 0 Å². The van der Waals surface area contributed by atoms with Gasteiger partial charge in [0, 0.05) is 25.0 Å². The molecule has 0 bridgehead atoms. The molecule has 1 heterocycles. The predicted octanol–water partition coefficient (Wildman–Crippen LogP) is 2.44. The molecule has 0 saturated carbocycles. The molecular formula is C15H21N3O. The zero-order chi connectivity index (χ0) is 13.5. The lowest BCUT2D eigenvalue weighted by Gasteiger charge is -2.09. The molecule has 1 aromatic heterocycles. The van der Waals surface area contributed by atoms with Crippen molar-refractivity contribution in [1.29, 1.82) is 0 Å². The Kier molecular flexibility index (Phi) is 4.98. The SMILES string of the molecule is CCCn1nccc1CNc1ccc(CCO)cc1. The van der Waals surface area contributed by atoms with Crippen LogP contribution in [0.25, 0.3) is 0 Å². The van der Waals surface area contributed by atoms with Crippen LogP contribution in [0, 0.1) is 0 Å². The van der Waals surface area contributed by atoms with Gasteiger partial charge in [0.15, 0.2) is 0 Å². The van der Waals surface area contributed by atoms with E-state index in [1.807, 2.05) is 41.2 Å². The number of nitrogens with one attached hydrogen (secondary N) is 1. The minimum Gasteiger partial charge on any atom is -0.396 e. The largest absolute Gasteiger partial charge is 0.396 e. The van der Waals surface area contributed by atoms with Crippen LogP contribution in [0.15, 0.2) is 36.5 Å². The van der Waals surface area contributed by atoms with E-state index in [1.54, 1.807) is 0 Å². The summed E-state index contributed by atoms with van der Waals surface area (Å²) < 4.78 is 2.03. The van der Waals surface area contributed by atoms with Crippen LogP contribution in [0.5, 0.6) is 0 Å². The Morgan fingerprint density at radius 1 is 1.21 bits per heavy atom. The second kappa shape index (κ2) is 6.95. The number of rotatable bonds is 7. The maximum Gasteiger partial charge on any atom is 0.0575 e. The third-order valence-corrected chi connectivity index (χ3v) is 3.07. The summed E-state index contributed by atoms with van der Waals surface area (Å²) in [4.78, 5) is 0. The van der Waals surface area contributed by atoms with Crippen LogP contribution in [0.4, 0.5) is 5.69 Å². The lowest BCUT2D eigenvalue weighted by atomic mass is 10.1. The van der Waals surface area contributed by atoms with Crippen LogP contribution in [-0.2, 0) is 19.5 Å². The second-order valence-corrected chi connectivity index (χ2v) is 4.57. The van der Waals surface area contributed by atoms with Gasteiger partial charge in [-0.3, -0.25) is 4.68 Å². The van der Waals surface area contributed by atoms with Crippen LogP contribution in [0.2, 0.25) is 0 Å². The summed E-state index contributed by atoms with van der Waals surface area (Å²) in [5, 5.41) is 16.6. The molecule has 4 heteroatoms. The molecule has 0 fully saturated rings. The fraction of sp³-hybridized carbons (Fsp3) is 0.400. The third kappa shape index (κ3) is 3.83. The first-order chi connectivity index (χ1) is 9.33. The summed E-state index contributed by atoms with van der Waals surface area (Å²) in [5.74, 6) is 0. The first-order valence-electron chi connectivity index (χ1n) is 6.78. The van der Waals surface area contributed by atoms with E-state index in [-0.39, 0.29) is 6.61 Å². The van der Waals surface area contributed by atoms with Gasteiger partial charge in [-0.05, 0) is 36.6 Å². The van der Waals surface area contributed by atoms with Gasteiger partial charge in [0.05, 0.1) is 12.2 Å². The van der Waals surface area contributed by atoms with E-state index in [4.69, 9.17) is 5.11 Å². The molecule has 0 atom stereocenters. The standard InChI is InChI=1S/C15H21N3O/c1-2-10-18-15(7-9-17-18)12-16-14-5-3-13(4-6-14)8-11-19/h3-7,9,16,19H,2,8,10-12H2,1H3. The van der Waals surface area contributed by atoms with Gasteiger partial charge in [-0.25, -0.2) is 0 Å². The Labute approximate surface area is 114 Å². The number of aliphatic hydroxyl groups is 1. The normalized spacial score (nSPS) is 10.6. The van der Waals surface area contributed by atoms with Gasteiger partial charge >= 0.3 is 0 Å². The Bertz CT molecular complexity index is 490. The van der Waals surface area contributed by atoms with Gasteiger partial charge < -0.3 is 10.4 Å². The van der Waals surface area contributed by atoms with Crippen LogP contribution in [-0.4, -0.2) is 21.5 Å². The van der Waals surface area contributed by atoms with Crippen molar-refractivity contribution in [1.82, 2.24) is 9.78 Å². The molecule has 0 radical (unpaired) electrons. The van der Waals surface area contributed by atoms with Crippen molar-refractivity contribution in [3.8, 4) is 0 Å². The molecule has 0 spiro atoms. The number of aryl methyl sites for hydroxylation is 1. The van der Waals surface area contributed by atoms with Crippen molar-refractivity contribution < 1.29 is 5.11 Å². The minimum absolute atomic E-state index is 0.197. The molecule has 0 amide bonds. The average molecular weight is 259 g/mol. The van der Waals surface area contributed by atoms with Crippen LogP contribution in [0.3, 0.4) is 0 Å². The Balaban J connectivity index is 1.92. The van der Waals surface area contributed by atoms with Crippen molar-refractivity contribution in [2.75, 3.05) is 11.9 Å². The zero-order valence-electron chi connectivity index (χ0n) is 11.3. The number of nitrogens with zero attached hydrogens (tertiary/aromatic N) is 2. The maximum absolute atomic E-state index is 8.87. The quantitative estimate of drug-likeness (QED) is 0.803. The number of benzene rings is 1. The van der Waals surface area contributed by atoms with Crippen molar-refractivity contribution in [2.45, 2.75) is 32.9 Å². The first kappa shape index (κ1) is 13.6. The summed E-state index contributed by atoms with van der Waals surface area (Å²) in [6, 6.07) is 10.2. The summed E-state index contributed by atoms with van der Waals surface area (Å²) in [6.45, 7) is 4.08. The first-order valence-corrected chi connectivity index (χ1v) is 6.78. The number of hydrogen-bond acceptors (Lipinski definition) is 3. The predicted molar refractivity (Wildman–Crippen MR) is 77.1 cm³/mol. The van der Waals surface area contributed by atoms with Crippen LogP contribution >= 0.6 is 0 Å². The number of hydrogen-bond donors (Lipinski definition) is 2. The van der Waals surface area contributed by atoms with Crippen molar-refractivity contribution >= 4 is 5.69 Å². The van der Waals surface area contributed by atoms with E-state index in [2.05, 4.69) is 17.3 Å². The van der Waals surface area contributed by atoms with Crippen molar-refractivity contribution in [3.63, 3.8) is 0 Å². The van der Waals surface area contributed by atoms with E-state index in [9.17, 15) is 0 Å². The molecule has 0 aliphatic rings. The molecule has 4 nitrogen and oxygen atoms in total. The second-order valence-electron chi connectivity index (χ2n) is 4.57. The highest BCUT2D eigenvalue weighted by molar-refractivity contribution is 5.44. The van der Waals surface area contributed by atoms with Gasteiger partial charge in [0.25, 0.3) is 0 Å². The zero-order valence-corrected chi connectivity index (χ0v) is 11.3. The summed E-state index contributed by atoms with van der Waals surface area (Å²) in [5.41, 5.74) is 3.44. The van der Waals surface area contributed by atoms with E-state index in [0.717, 1.165) is 30.8 Å². The van der Waals surface area contributed by atoms with Gasteiger partial charge in [0.2, 0.25) is 0 Å². The minimum atomic E-state index is 0.197. The highest BCUT2D eigenvalue weighted by Crippen LogP contribution is 2.11. The van der Waals surface area contributed by atoms with E-state index >= 15 is 0 Å².